The zero-order valence-electron chi connectivity index (χ0n) is 16.0. The third-order valence-corrected chi connectivity index (χ3v) is 4.35. The number of amides is 2. The number of nitrogens with one attached hydrogen (secondary N) is 2. The lowest BCUT2D eigenvalue weighted by molar-refractivity contribution is -0.127. The van der Waals surface area contributed by atoms with Crippen molar-refractivity contribution in [1.82, 2.24) is 30.4 Å². The molecule has 27 heavy (non-hydrogen) atoms. The van der Waals surface area contributed by atoms with Gasteiger partial charge in [0.1, 0.15) is 11.7 Å². The summed E-state index contributed by atoms with van der Waals surface area (Å²) in [5, 5.41) is 9.08. The number of carbonyl (C=O) groups excluding carboxylic acids is 2. The Labute approximate surface area is 163 Å². The molecule has 9 heteroatoms. The zero-order valence-corrected chi connectivity index (χ0v) is 16.8. The molecule has 8 nitrogen and oxygen atoms in total. The fourth-order valence-corrected chi connectivity index (χ4v) is 2.88. The molecule has 2 rings (SSSR count). The van der Waals surface area contributed by atoms with E-state index < -0.39 is 5.91 Å². The molecule has 2 amide bonds. The van der Waals surface area contributed by atoms with Crippen LogP contribution < -0.4 is 10.9 Å². The first-order valence-electron chi connectivity index (χ1n) is 8.82. The monoisotopic (exact) mass is 392 g/mol. The molecule has 146 valence electrons. The summed E-state index contributed by atoms with van der Waals surface area (Å²) in [6.45, 7) is 8.41. The van der Waals surface area contributed by atoms with Crippen LogP contribution in [0.2, 0.25) is 5.15 Å². The Kier molecular flexibility index (Phi) is 7.18. The van der Waals surface area contributed by atoms with Crippen LogP contribution in [-0.4, -0.2) is 31.4 Å². The van der Waals surface area contributed by atoms with Crippen LogP contribution in [0.5, 0.6) is 0 Å². The van der Waals surface area contributed by atoms with E-state index in [1.54, 1.807) is 15.4 Å². The molecule has 0 spiro atoms. The lowest BCUT2D eigenvalue weighted by Gasteiger charge is -2.06. The molecule has 0 aliphatic carbocycles. The minimum atomic E-state index is -0.464. The molecule has 0 aliphatic rings. The number of rotatable bonds is 7. The minimum Gasteiger partial charge on any atom is -0.271 e. The molecule has 0 radical (unpaired) electrons. The summed E-state index contributed by atoms with van der Waals surface area (Å²) in [6.07, 6.45) is 4.92. The predicted octanol–water partition coefficient (Wildman–Crippen LogP) is 2.32. The first-order valence-corrected chi connectivity index (χ1v) is 9.20. The van der Waals surface area contributed by atoms with Crippen molar-refractivity contribution in [1.29, 1.82) is 0 Å². The van der Waals surface area contributed by atoms with Crippen molar-refractivity contribution in [2.45, 2.75) is 53.6 Å². The second-order valence-electron chi connectivity index (χ2n) is 6.32. The van der Waals surface area contributed by atoms with E-state index in [0.717, 1.165) is 36.5 Å². The molecule has 0 atom stereocenters. The van der Waals surface area contributed by atoms with Crippen molar-refractivity contribution in [2.75, 3.05) is 0 Å². The van der Waals surface area contributed by atoms with Gasteiger partial charge in [-0.15, -0.1) is 0 Å². The predicted molar refractivity (Wildman–Crippen MR) is 104 cm³/mol. The van der Waals surface area contributed by atoms with E-state index in [9.17, 15) is 9.59 Å². The highest BCUT2D eigenvalue weighted by molar-refractivity contribution is 6.31. The van der Waals surface area contributed by atoms with Gasteiger partial charge in [-0.25, -0.2) is 0 Å². The fourth-order valence-electron chi connectivity index (χ4n) is 2.56. The van der Waals surface area contributed by atoms with Crippen molar-refractivity contribution >= 4 is 29.5 Å². The Morgan fingerprint density at radius 3 is 2.56 bits per heavy atom. The minimum absolute atomic E-state index is 0.0266. The lowest BCUT2D eigenvalue weighted by Crippen LogP contribution is -2.42. The zero-order chi connectivity index (χ0) is 20.0. The number of nitrogens with zero attached hydrogens (tertiary/aromatic N) is 4. The van der Waals surface area contributed by atoms with Crippen molar-refractivity contribution in [3.8, 4) is 0 Å². The van der Waals surface area contributed by atoms with Crippen LogP contribution in [0.15, 0.2) is 12.1 Å². The van der Waals surface area contributed by atoms with E-state index in [1.807, 2.05) is 26.8 Å². The van der Waals surface area contributed by atoms with Gasteiger partial charge >= 0.3 is 0 Å². The lowest BCUT2D eigenvalue weighted by atomic mass is 10.2. The average molecular weight is 393 g/mol. The first-order chi connectivity index (χ1) is 12.8. The van der Waals surface area contributed by atoms with Gasteiger partial charge in [-0.2, -0.15) is 10.2 Å². The Hall–Kier alpha value is -2.61. The van der Waals surface area contributed by atoms with Crippen molar-refractivity contribution in [2.24, 2.45) is 0 Å². The number of hydrogen-bond donors (Lipinski definition) is 2. The molecule has 0 unspecified atom stereocenters. The smallest absolute Gasteiger partial charge is 0.262 e. The van der Waals surface area contributed by atoms with Gasteiger partial charge in [0.2, 0.25) is 0 Å². The number of hydrogen-bond acceptors (Lipinski definition) is 4. The molecule has 0 bridgehead atoms. The van der Waals surface area contributed by atoms with E-state index in [4.69, 9.17) is 11.6 Å². The van der Waals surface area contributed by atoms with E-state index in [-0.39, 0.29) is 12.5 Å². The van der Waals surface area contributed by atoms with E-state index in [2.05, 4.69) is 28.0 Å². The number of unbranched alkanes of at least 4 members (excludes halogenated alkanes) is 1. The van der Waals surface area contributed by atoms with E-state index in [0.29, 0.717) is 10.7 Å². The second kappa shape index (κ2) is 9.36. The summed E-state index contributed by atoms with van der Waals surface area (Å²) in [7, 11) is 0. The van der Waals surface area contributed by atoms with Crippen molar-refractivity contribution in [3.05, 3.63) is 39.9 Å². The molecule has 2 aromatic heterocycles. The Bertz CT molecular complexity index is 852. The van der Waals surface area contributed by atoms with Gasteiger partial charge in [0, 0.05) is 23.9 Å². The van der Waals surface area contributed by atoms with Crippen LogP contribution in [0, 0.1) is 20.8 Å². The van der Waals surface area contributed by atoms with E-state index in [1.165, 1.54) is 6.08 Å². The topological polar surface area (TPSA) is 93.8 Å². The highest BCUT2D eigenvalue weighted by Gasteiger charge is 2.11. The highest BCUT2D eigenvalue weighted by Crippen LogP contribution is 2.21. The number of halogens is 1. The average Bonchev–Trinajstić information content (AvgIpc) is 3.07. The van der Waals surface area contributed by atoms with Crippen molar-refractivity contribution in [3.63, 3.8) is 0 Å². The molecule has 2 N–H and O–H groups in total. The summed E-state index contributed by atoms with van der Waals surface area (Å²) in [5.74, 6) is -0.835. The molecular weight excluding hydrogens is 368 g/mol. The molecule has 0 aromatic carbocycles. The summed E-state index contributed by atoms with van der Waals surface area (Å²) >= 11 is 6.32. The summed E-state index contributed by atoms with van der Waals surface area (Å²) in [6, 6.07) is 1.88. The summed E-state index contributed by atoms with van der Waals surface area (Å²) in [4.78, 5) is 23.9. The summed E-state index contributed by atoms with van der Waals surface area (Å²) < 4.78 is 3.30. The molecule has 0 saturated carbocycles. The van der Waals surface area contributed by atoms with Gasteiger partial charge in [0.15, 0.2) is 0 Å². The first kappa shape index (κ1) is 20.7. The number of carbonyl (C=O) groups is 2. The van der Waals surface area contributed by atoms with Crippen LogP contribution in [0.1, 0.15) is 42.4 Å². The van der Waals surface area contributed by atoms with Crippen LogP contribution in [0.4, 0.5) is 0 Å². The fraction of sp³-hybridized carbons (Fsp3) is 0.444. The van der Waals surface area contributed by atoms with Gasteiger partial charge in [-0.3, -0.25) is 29.8 Å². The molecule has 0 saturated heterocycles. The summed E-state index contributed by atoms with van der Waals surface area (Å²) in [5.41, 5.74) is 7.85. The Balaban J connectivity index is 1.89. The van der Waals surface area contributed by atoms with Crippen LogP contribution in [0.3, 0.4) is 0 Å². The normalized spacial score (nSPS) is 11.1. The molecule has 2 aromatic rings. The maximum Gasteiger partial charge on any atom is 0.262 e. The second-order valence-corrected chi connectivity index (χ2v) is 6.68. The van der Waals surface area contributed by atoms with Gasteiger partial charge in [-0.1, -0.05) is 24.9 Å². The maximum atomic E-state index is 11.9. The standard InChI is InChI=1S/C18H25ClN6O2/c1-5-6-9-24-18(19)15(14(4)23-24)7-8-16(26)20-21-17(27)11-25-13(3)10-12(2)22-25/h7-8,10H,5-6,9,11H2,1-4H3,(H,20,26)(H,21,27)/b8-7+. The molecule has 2 heterocycles. The quantitative estimate of drug-likeness (QED) is 0.558. The number of aromatic nitrogens is 4. The third kappa shape index (κ3) is 5.68. The van der Waals surface area contributed by atoms with Gasteiger partial charge in [-0.05, 0) is 39.3 Å². The van der Waals surface area contributed by atoms with Crippen molar-refractivity contribution < 1.29 is 9.59 Å². The Morgan fingerprint density at radius 1 is 1.19 bits per heavy atom. The highest BCUT2D eigenvalue weighted by atomic mass is 35.5. The van der Waals surface area contributed by atoms with Crippen LogP contribution in [-0.2, 0) is 22.7 Å². The molecule has 0 fully saturated rings. The number of hydrazine groups is 1. The largest absolute Gasteiger partial charge is 0.271 e. The van der Waals surface area contributed by atoms with Gasteiger partial charge in [0.25, 0.3) is 11.8 Å². The van der Waals surface area contributed by atoms with Crippen LogP contribution in [0.25, 0.3) is 6.08 Å². The van der Waals surface area contributed by atoms with Crippen LogP contribution >= 0.6 is 11.6 Å². The molecular formula is C18H25ClN6O2. The van der Waals surface area contributed by atoms with E-state index >= 15 is 0 Å². The number of aryl methyl sites for hydroxylation is 4. The van der Waals surface area contributed by atoms with Gasteiger partial charge in [0.05, 0.1) is 11.4 Å². The SMILES string of the molecule is CCCCn1nc(C)c(/C=C/C(=O)NNC(=O)Cn2nc(C)cc2C)c1Cl. The maximum absolute atomic E-state index is 11.9. The third-order valence-electron chi connectivity index (χ3n) is 3.96. The Morgan fingerprint density at radius 2 is 1.93 bits per heavy atom. The molecule has 0 aliphatic heterocycles. The van der Waals surface area contributed by atoms with Gasteiger partial charge < -0.3 is 0 Å².